The van der Waals surface area contributed by atoms with Crippen LogP contribution in [0.5, 0.6) is 0 Å². The normalized spacial score (nSPS) is 46.1. The second-order valence-corrected chi connectivity index (χ2v) is 12.6. The van der Waals surface area contributed by atoms with Gasteiger partial charge in [-0.3, -0.25) is 14.4 Å². The first-order valence-corrected chi connectivity index (χ1v) is 14.4. The third-order valence-corrected chi connectivity index (χ3v) is 10.8. The standard InChI is InChI=1S/C29H44O9/c1-7-16(2)25(32)37-22-9-8-21-27(6,23-13-20-10-11-33-26(20)38-23)17(3)12-24(36-19(5)31)28(21,14-34-18(4)30)29(22)15-35-29/h16-17,20-24,26H,7-15H2,1-6H3/t16?,17-,20-,21-,22+,23+,24+,26+,27+,28+,29-/m1/s1. The van der Waals surface area contributed by atoms with Gasteiger partial charge in [0.05, 0.1) is 30.7 Å². The number of hydrogen-bond donors (Lipinski definition) is 0. The molecule has 0 N–H and O–H groups in total. The van der Waals surface area contributed by atoms with Gasteiger partial charge in [-0.1, -0.05) is 27.7 Å². The third-order valence-electron chi connectivity index (χ3n) is 10.8. The molecule has 214 valence electrons. The highest BCUT2D eigenvalue weighted by atomic mass is 16.7. The Bertz CT molecular complexity index is 934. The minimum absolute atomic E-state index is 0.0285. The molecule has 9 nitrogen and oxygen atoms in total. The van der Waals surface area contributed by atoms with E-state index in [4.69, 9.17) is 28.4 Å². The first-order valence-electron chi connectivity index (χ1n) is 14.4. The van der Waals surface area contributed by atoms with Crippen molar-refractivity contribution in [2.75, 3.05) is 19.8 Å². The Morgan fingerprint density at radius 3 is 2.37 bits per heavy atom. The van der Waals surface area contributed by atoms with Crippen LogP contribution in [-0.4, -0.2) is 67.9 Å². The Morgan fingerprint density at radius 2 is 1.76 bits per heavy atom. The van der Waals surface area contributed by atoms with E-state index in [0.717, 1.165) is 19.4 Å². The summed E-state index contributed by atoms with van der Waals surface area (Å²) in [6, 6.07) is 0. The minimum Gasteiger partial charge on any atom is -0.465 e. The molecule has 0 radical (unpaired) electrons. The van der Waals surface area contributed by atoms with Crippen molar-refractivity contribution in [2.24, 2.45) is 34.5 Å². The molecule has 3 heterocycles. The van der Waals surface area contributed by atoms with Gasteiger partial charge in [0.1, 0.15) is 24.4 Å². The van der Waals surface area contributed by atoms with E-state index in [9.17, 15) is 14.4 Å². The number of esters is 3. The third kappa shape index (κ3) is 4.19. The fourth-order valence-electron chi connectivity index (χ4n) is 8.32. The molecule has 2 aliphatic carbocycles. The van der Waals surface area contributed by atoms with Crippen LogP contribution in [0.1, 0.15) is 80.1 Å². The van der Waals surface area contributed by atoms with Crippen molar-refractivity contribution in [2.45, 2.75) is 110 Å². The van der Waals surface area contributed by atoms with Crippen LogP contribution in [0.25, 0.3) is 0 Å². The average Bonchev–Trinajstić information content (AvgIpc) is 3.35. The largest absolute Gasteiger partial charge is 0.465 e. The summed E-state index contributed by atoms with van der Waals surface area (Å²) in [5, 5.41) is 0. The van der Waals surface area contributed by atoms with Crippen molar-refractivity contribution in [3.05, 3.63) is 0 Å². The van der Waals surface area contributed by atoms with Gasteiger partial charge in [0, 0.05) is 25.2 Å². The summed E-state index contributed by atoms with van der Waals surface area (Å²) in [4.78, 5) is 37.6. The van der Waals surface area contributed by atoms with Crippen LogP contribution in [0.4, 0.5) is 0 Å². The van der Waals surface area contributed by atoms with Gasteiger partial charge in [0.15, 0.2) is 6.29 Å². The molecular formula is C29H44O9. The molecule has 9 heteroatoms. The van der Waals surface area contributed by atoms with E-state index in [1.165, 1.54) is 13.8 Å². The number of rotatable bonds is 7. The first kappa shape index (κ1) is 27.8. The maximum atomic E-state index is 13.0. The zero-order valence-corrected chi connectivity index (χ0v) is 23.7. The topological polar surface area (TPSA) is 110 Å². The lowest BCUT2D eigenvalue weighted by molar-refractivity contribution is -0.270. The van der Waals surface area contributed by atoms with Crippen molar-refractivity contribution < 1.29 is 42.8 Å². The smallest absolute Gasteiger partial charge is 0.309 e. The SMILES string of the molecule is CCC(C)C(=O)O[C@H]1CC[C@@H]2[C@@](C)([C@@H]3C[C@H]4CCO[C@H]4O3)[C@H](C)C[C@H](OC(C)=O)[C@@]2(COC(C)=O)[C@@]12CO2. The van der Waals surface area contributed by atoms with Gasteiger partial charge < -0.3 is 28.4 Å². The summed E-state index contributed by atoms with van der Waals surface area (Å²) in [6.07, 6.45) is 3.17. The molecule has 5 fully saturated rings. The molecule has 0 aromatic rings. The molecule has 5 aliphatic rings. The summed E-state index contributed by atoms with van der Waals surface area (Å²) in [7, 11) is 0. The Kier molecular flexibility index (Phi) is 7.36. The predicted octanol–water partition coefficient (Wildman–Crippen LogP) is 3.80. The zero-order valence-electron chi connectivity index (χ0n) is 23.7. The Balaban J connectivity index is 1.58. The quantitative estimate of drug-likeness (QED) is 0.273. The maximum Gasteiger partial charge on any atom is 0.309 e. The molecular weight excluding hydrogens is 492 g/mol. The summed E-state index contributed by atoms with van der Waals surface area (Å²) >= 11 is 0. The van der Waals surface area contributed by atoms with E-state index in [0.29, 0.717) is 38.2 Å². The number of fused-ring (bicyclic) bond motifs is 3. The lowest BCUT2D eigenvalue weighted by atomic mass is 9.42. The molecule has 0 amide bonds. The van der Waals surface area contributed by atoms with Crippen LogP contribution < -0.4 is 0 Å². The van der Waals surface area contributed by atoms with Crippen LogP contribution in [0, 0.1) is 34.5 Å². The lowest BCUT2D eigenvalue weighted by Crippen LogP contribution is -2.72. The van der Waals surface area contributed by atoms with Crippen LogP contribution in [0.15, 0.2) is 0 Å². The average molecular weight is 537 g/mol. The lowest BCUT2D eigenvalue weighted by Gasteiger charge is -2.64. The number of carbonyl (C=O) groups excluding carboxylic acids is 3. The predicted molar refractivity (Wildman–Crippen MR) is 135 cm³/mol. The number of carbonyl (C=O) groups is 3. The van der Waals surface area contributed by atoms with Crippen molar-refractivity contribution in [1.29, 1.82) is 0 Å². The van der Waals surface area contributed by atoms with Crippen molar-refractivity contribution in [3.63, 3.8) is 0 Å². The van der Waals surface area contributed by atoms with Gasteiger partial charge in [-0.05, 0) is 50.4 Å². The highest BCUT2D eigenvalue weighted by Gasteiger charge is 2.80. The fraction of sp³-hybridized carbons (Fsp3) is 0.897. The van der Waals surface area contributed by atoms with E-state index in [-0.39, 0.29) is 54.1 Å². The van der Waals surface area contributed by atoms with E-state index in [1.54, 1.807) is 0 Å². The summed E-state index contributed by atoms with van der Waals surface area (Å²) < 4.78 is 36.8. The Hall–Kier alpha value is -1.71. The molecule has 0 aromatic carbocycles. The summed E-state index contributed by atoms with van der Waals surface area (Å²) in [5.74, 6) is -0.824. The zero-order chi connectivity index (χ0) is 27.5. The second-order valence-electron chi connectivity index (χ2n) is 12.6. The molecule has 1 spiro atoms. The van der Waals surface area contributed by atoms with Crippen LogP contribution in [-0.2, 0) is 42.8 Å². The van der Waals surface area contributed by atoms with Crippen LogP contribution in [0.2, 0.25) is 0 Å². The molecule has 0 bridgehead atoms. The van der Waals surface area contributed by atoms with Gasteiger partial charge in [-0.25, -0.2) is 0 Å². The monoisotopic (exact) mass is 536 g/mol. The molecule has 3 aliphatic heterocycles. The number of ether oxygens (including phenoxy) is 6. The Labute approximate surface area is 225 Å². The van der Waals surface area contributed by atoms with Crippen molar-refractivity contribution >= 4 is 17.9 Å². The fourth-order valence-corrected chi connectivity index (χ4v) is 8.32. The van der Waals surface area contributed by atoms with Crippen LogP contribution in [0.3, 0.4) is 0 Å². The van der Waals surface area contributed by atoms with Gasteiger partial charge in [-0.15, -0.1) is 0 Å². The Morgan fingerprint density at radius 1 is 1.03 bits per heavy atom. The highest BCUT2D eigenvalue weighted by molar-refractivity contribution is 5.72. The molecule has 0 aromatic heterocycles. The van der Waals surface area contributed by atoms with Crippen molar-refractivity contribution in [1.82, 2.24) is 0 Å². The van der Waals surface area contributed by atoms with Gasteiger partial charge in [-0.2, -0.15) is 0 Å². The maximum absolute atomic E-state index is 13.0. The van der Waals surface area contributed by atoms with E-state index < -0.39 is 29.2 Å². The molecule has 3 saturated heterocycles. The van der Waals surface area contributed by atoms with Gasteiger partial charge in [0.25, 0.3) is 0 Å². The molecule has 5 rings (SSSR count). The molecule has 38 heavy (non-hydrogen) atoms. The molecule has 2 saturated carbocycles. The highest BCUT2D eigenvalue weighted by Crippen LogP contribution is 2.70. The van der Waals surface area contributed by atoms with E-state index in [1.807, 2.05) is 13.8 Å². The van der Waals surface area contributed by atoms with Gasteiger partial charge in [0.2, 0.25) is 0 Å². The minimum atomic E-state index is -0.902. The first-order chi connectivity index (χ1) is 18.0. The second kappa shape index (κ2) is 10.0. The summed E-state index contributed by atoms with van der Waals surface area (Å²) in [6.45, 7) is 12.2. The number of hydrogen-bond acceptors (Lipinski definition) is 9. The van der Waals surface area contributed by atoms with Crippen LogP contribution >= 0.6 is 0 Å². The van der Waals surface area contributed by atoms with Crippen molar-refractivity contribution in [3.8, 4) is 0 Å². The molecule has 1 unspecified atom stereocenters. The van der Waals surface area contributed by atoms with E-state index in [2.05, 4.69) is 13.8 Å². The molecule has 11 atom stereocenters. The van der Waals surface area contributed by atoms with E-state index >= 15 is 0 Å². The summed E-state index contributed by atoms with van der Waals surface area (Å²) in [5.41, 5.74) is -2.11. The number of epoxide rings is 1. The van der Waals surface area contributed by atoms with Gasteiger partial charge >= 0.3 is 17.9 Å².